The minimum Gasteiger partial charge on any atom is -0.485 e. The van der Waals surface area contributed by atoms with Gasteiger partial charge in [-0.1, -0.05) is 25.4 Å². The average molecular weight is 294 g/mol. The van der Waals surface area contributed by atoms with E-state index >= 15 is 0 Å². The topological polar surface area (TPSA) is 48.4 Å². The summed E-state index contributed by atoms with van der Waals surface area (Å²) < 4.78 is 11.2. The number of furan rings is 1. The van der Waals surface area contributed by atoms with Crippen molar-refractivity contribution in [2.24, 2.45) is 5.73 Å². The van der Waals surface area contributed by atoms with E-state index in [0.29, 0.717) is 19.1 Å². The normalized spacial score (nSPS) is 11.1. The lowest BCUT2D eigenvalue weighted by Gasteiger charge is -2.14. The van der Waals surface area contributed by atoms with Gasteiger partial charge in [-0.3, -0.25) is 0 Å². The lowest BCUT2D eigenvalue weighted by molar-refractivity contribution is 0.268. The molecule has 1 heterocycles. The monoisotopic (exact) mass is 293 g/mol. The second kappa shape index (κ2) is 6.33. The van der Waals surface area contributed by atoms with Gasteiger partial charge in [0.1, 0.15) is 18.1 Å². The van der Waals surface area contributed by atoms with Crippen LogP contribution in [0.3, 0.4) is 0 Å². The third-order valence-corrected chi connectivity index (χ3v) is 3.56. The Morgan fingerprint density at radius 3 is 2.65 bits per heavy atom. The van der Waals surface area contributed by atoms with Gasteiger partial charge in [-0.2, -0.15) is 0 Å². The highest BCUT2D eigenvalue weighted by atomic mass is 35.5. The Morgan fingerprint density at radius 1 is 1.30 bits per heavy atom. The van der Waals surface area contributed by atoms with Crippen LogP contribution in [-0.4, -0.2) is 0 Å². The molecular weight excluding hydrogens is 274 g/mol. The van der Waals surface area contributed by atoms with Crippen molar-refractivity contribution >= 4 is 11.6 Å². The summed E-state index contributed by atoms with van der Waals surface area (Å²) in [6, 6.07) is 5.86. The summed E-state index contributed by atoms with van der Waals surface area (Å²) >= 11 is 6.25. The Balaban J connectivity index is 2.14. The molecule has 0 aliphatic heterocycles. The molecule has 3 nitrogen and oxygen atoms in total. The molecule has 0 amide bonds. The van der Waals surface area contributed by atoms with Gasteiger partial charge in [-0.25, -0.2) is 0 Å². The van der Waals surface area contributed by atoms with Gasteiger partial charge in [0.15, 0.2) is 0 Å². The minimum atomic E-state index is 0.359. The molecule has 0 atom stereocenters. The summed E-state index contributed by atoms with van der Waals surface area (Å²) in [5.74, 6) is 1.97. The van der Waals surface area contributed by atoms with Crippen LogP contribution in [0.25, 0.3) is 0 Å². The highest BCUT2D eigenvalue weighted by Crippen LogP contribution is 2.31. The van der Waals surface area contributed by atoms with Crippen LogP contribution in [0, 0.1) is 6.92 Å². The van der Waals surface area contributed by atoms with Crippen molar-refractivity contribution in [2.45, 2.75) is 39.8 Å². The minimum absolute atomic E-state index is 0.359. The zero-order valence-corrected chi connectivity index (χ0v) is 12.8. The maximum absolute atomic E-state index is 6.25. The number of ether oxygens (including phenoxy) is 1. The summed E-state index contributed by atoms with van der Waals surface area (Å²) in [5, 5.41) is 0.785. The molecule has 0 saturated carbocycles. The van der Waals surface area contributed by atoms with Gasteiger partial charge in [0, 0.05) is 17.1 Å². The van der Waals surface area contributed by atoms with Crippen molar-refractivity contribution in [1.82, 2.24) is 0 Å². The number of halogens is 1. The first kappa shape index (κ1) is 14.9. The van der Waals surface area contributed by atoms with Crippen molar-refractivity contribution in [1.29, 1.82) is 0 Å². The fraction of sp³-hybridized carbons (Fsp3) is 0.375. The Morgan fingerprint density at radius 2 is 2.05 bits per heavy atom. The van der Waals surface area contributed by atoms with Crippen LogP contribution in [-0.2, 0) is 13.2 Å². The van der Waals surface area contributed by atoms with Gasteiger partial charge < -0.3 is 14.9 Å². The van der Waals surface area contributed by atoms with Gasteiger partial charge in [-0.15, -0.1) is 0 Å². The summed E-state index contributed by atoms with van der Waals surface area (Å²) in [6.07, 6.45) is 1.66. The Bertz CT molecular complexity index is 590. The van der Waals surface area contributed by atoms with E-state index < -0.39 is 0 Å². The average Bonchev–Trinajstić information content (AvgIpc) is 2.85. The molecule has 0 aliphatic rings. The van der Waals surface area contributed by atoms with Crippen molar-refractivity contribution in [3.63, 3.8) is 0 Å². The molecule has 4 heteroatoms. The van der Waals surface area contributed by atoms with E-state index in [1.54, 1.807) is 6.26 Å². The van der Waals surface area contributed by atoms with Crippen LogP contribution in [0.2, 0.25) is 5.02 Å². The fourth-order valence-corrected chi connectivity index (χ4v) is 2.46. The van der Waals surface area contributed by atoms with E-state index in [1.165, 1.54) is 0 Å². The van der Waals surface area contributed by atoms with E-state index in [4.69, 9.17) is 26.5 Å². The molecule has 2 N–H and O–H groups in total. The molecule has 1 aromatic carbocycles. The number of aryl methyl sites for hydroxylation is 1. The molecule has 0 unspecified atom stereocenters. The van der Waals surface area contributed by atoms with Crippen molar-refractivity contribution in [3.05, 3.63) is 51.9 Å². The highest BCUT2D eigenvalue weighted by Gasteiger charge is 2.11. The Kier molecular flexibility index (Phi) is 4.73. The summed E-state index contributed by atoms with van der Waals surface area (Å²) in [4.78, 5) is 0. The standard InChI is InChI=1S/C16H20ClNO2/c1-10(2)14-6-16(11(3)4-15(14)17)20-9-13-5-12(7-18)8-19-13/h4-6,8,10H,7,9,18H2,1-3H3. The van der Waals surface area contributed by atoms with E-state index in [0.717, 1.165) is 33.2 Å². The predicted molar refractivity (Wildman–Crippen MR) is 81.2 cm³/mol. The first-order valence-corrected chi connectivity index (χ1v) is 7.08. The lowest BCUT2D eigenvalue weighted by atomic mass is 10.0. The van der Waals surface area contributed by atoms with Crippen LogP contribution in [0.4, 0.5) is 0 Å². The van der Waals surface area contributed by atoms with Gasteiger partial charge >= 0.3 is 0 Å². The van der Waals surface area contributed by atoms with Crippen LogP contribution >= 0.6 is 11.6 Å². The fourth-order valence-electron chi connectivity index (χ4n) is 2.02. The predicted octanol–water partition coefficient (Wildman–Crippen LogP) is 4.40. The molecule has 1 aromatic heterocycles. The summed E-state index contributed by atoms with van der Waals surface area (Å²) in [6.45, 7) is 7.07. The quantitative estimate of drug-likeness (QED) is 0.888. The number of hydrogen-bond donors (Lipinski definition) is 1. The molecule has 0 radical (unpaired) electrons. The molecule has 2 rings (SSSR count). The maximum Gasteiger partial charge on any atom is 0.146 e. The molecule has 2 aromatic rings. The number of nitrogens with two attached hydrogens (primary N) is 1. The summed E-state index contributed by atoms with van der Waals surface area (Å²) in [7, 11) is 0. The van der Waals surface area contributed by atoms with Gasteiger partial charge in [0.05, 0.1) is 6.26 Å². The van der Waals surface area contributed by atoms with Crippen molar-refractivity contribution in [2.75, 3.05) is 0 Å². The van der Waals surface area contributed by atoms with E-state index in [2.05, 4.69) is 13.8 Å². The van der Waals surface area contributed by atoms with Crippen molar-refractivity contribution in [3.8, 4) is 5.75 Å². The highest BCUT2D eigenvalue weighted by molar-refractivity contribution is 6.31. The number of rotatable bonds is 5. The largest absolute Gasteiger partial charge is 0.485 e. The number of hydrogen-bond acceptors (Lipinski definition) is 3. The first-order valence-electron chi connectivity index (χ1n) is 6.70. The molecular formula is C16H20ClNO2. The molecule has 0 bridgehead atoms. The molecule has 0 fully saturated rings. The molecule has 108 valence electrons. The molecule has 0 saturated heterocycles. The molecule has 0 spiro atoms. The second-order valence-corrected chi connectivity index (χ2v) is 5.62. The van der Waals surface area contributed by atoms with E-state index in [9.17, 15) is 0 Å². The summed E-state index contributed by atoms with van der Waals surface area (Å²) in [5.41, 5.74) is 8.63. The lowest BCUT2D eigenvalue weighted by Crippen LogP contribution is -1.99. The first-order chi connectivity index (χ1) is 9.51. The smallest absolute Gasteiger partial charge is 0.146 e. The number of benzene rings is 1. The second-order valence-electron chi connectivity index (χ2n) is 5.21. The van der Waals surface area contributed by atoms with Crippen LogP contribution < -0.4 is 10.5 Å². The third-order valence-electron chi connectivity index (χ3n) is 3.23. The van der Waals surface area contributed by atoms with E-state index in [1.807, 2.05) is 25.1 Å². The Hall–Kier alpha value is -1.45. The molecule has 0 aliphatic carbocycles. The van der Waals surface area contributed by atoms with Gasteiger partial charge in [0.25, 0.3) is 0 Å². The zero-order chi connectivity index (χ0) is 14.7. The van der Waals surface area contributed by atoms with Crippen LogP contribution in [0.15, 0.2) is 28.9 Å². The van der Waals surface area contributed by atoms with Gasteiger partial charge in [0.2, 0.25) is 0 Å². The van der Waals surface area contributed by atoms with Gasteiger partial charge in [-0.05, 0) is 42.2 Å². The third kappa shape index (κ3) is 3.35. The molecule has 20 heavy (non-hydrogen) atoms. The van der Waals surface area contributed by atoms with E-state index in [-0.39, 0.29) is 0 Å². The zero-order valence-electron chi connectivity index (χ0n) is 12.1. The van der Waals surface area contributed by atoms with Crippen molar-refractivity contribution < 1.29 is 9.15 Å². The van der Waals surface area contributed by atoms with Crippen LogP contribution in [0.1, 0.15) is 42.2 Å². The SMILES string of the molecule is Cc1cc(Cl)c(C(C)C)cc1OCc1cc(CN)co1. The Labute approximate surface area is 124 Å². The maximum atomic E-state index is 6.25. The van der Waals surface area contributed by atoms with Crippen LogP contribution in [0.5, 0.6) is 5.75 Å².